The highest BCUT2D eigenvalue weighted by atomic mass is 16.5. The molecule has 0 fully saturated rings. The van der Waals surface area contributed by atoms with Crippen LogP contribution in [0.15, 0.2) is 42.5 Å². The van der Waals surface area contributed by atoms with E-state index in [0.717, 1.165) is 5.56 Å². The molecule has 0 saturated heterocycles. The van der Waals surface area contributed by atoms with Crippen LogP contribution in [0, 0.1) is 0 Å². The third-order valence-electron chi connectivity index (χ3n) is 2.25. The second kappa shape index (κ2) is 7.27. The second-order valence-corrected chi connectivity index (χ2v) is 3.72. The van der Waals surface area contributed by atoms with E-state index in [1.54, 1.807) is 0 Å². The summed E-state index contributed by atoms with van der Waals surface area (Å²) in [7, 11) is 1.30. The van der Waals surface area contributed by atoms with Crippen molar-refractivity contribution in [1.82, 2.24) is 0 Å². The Balaban J connectivity index is 2.69. The molecule has 4 nitrogen and oxygen atoms in total. The van der Waals surface area contributed by atoms with Gasteiger partial charge in [0.2, 0.25) is 0 Å². The molecule has 0 amide bonds. The lowest BCUT2D eigenvalue weighted by Gasteiger charge is -2.12. The molecular weight excluding hydrogens is 232 g/mol. The predicted octanol–water partition coefficient (Wildman–Crippen LogP) is 1.89. The number of ether oxygens (including phenoxy) is 2. The van der Waals surface area contributed by atoms with Crippen LogP contribution >= 0.6 is 0 Å². The first kappa shape index (κ1) is 14.0. The highest BCUT2D eigenvalue weighted by Gasteiger charge is 2.10. The average Bonchev–Trinajstić information content (AvgIpc) is 2.36. The molecule has 0 saturated carbocycles. The van der Waals surface area contributed by atoms with E-state index < -0.39 is 12.1 Å². The summed E-state index contributed by atoms with van der Waals surface area (Å²) in [5.74, 6) is -0.856. The summed E-state index contributed by atoms with van der Waals surface area (Å²) in [6.07, 6.45) is 2.84. The van der Waals surface area contributed by atoms with Gasteiger partial charge in [0.25, 0.3) is 0 Å². The second-order valence-electron chi connectivity index (χ2n) is 3.72. The lowest BCUT2D eigenvalue weighted by molar-refractivity contribution is -0.144. The van der Waals surface area contributed by atoms with E-state index in [0.29, 0.717) is 6.42 Å². The molecular formula is C14H16O4. The standard InChI is InChI=1S/C14H16O4/c1-11(15)18-13(8-9-14(16)17-2)10-12-6-4-3-5-7-12/h3-9,13H,10H2,1-2H3/b9-8-. The molecule has 0 aromatic heterocycles. The minimum Gasteiger partial charge on any atom is -0.466 e. The van der Waals surface area contributed by atoms with Crippen LogP contribution in [-0.4, -0.2) is 25.2 Å². The molecule has 18 heavy (non-hydrogen) atoms. The SMILES string of the molecule is COC(=O)/C=C\C(Cc1ccccc1)OC(C)=O. The summed E-state index contributed by atoms with van der Waals surface area (Å²) in [4.78, 5) is 22.0. The molecule has 1 atom stereocenters. The van der Waals surface area contributed by atoms with Crippen LogP contribution in [0.3, 0.4) is 0 Å². The molecule has 1 rings (SSSR count). The fraction of sp³-hybridized carbons (Fsp3) is 0.286. The summed E-state index contributed by atoms with van der Waals surface area (Å²) >= 11 is 0. The number of carbonyl (C=O) groups is 2. The molecule has 0 radical (unpaired) electrons. The van der Waals surface area contributed by atoms with Gasteiger partial charge in [0.05, 0.1) is 7.11 Å². The van der Waals surface area contributed by atoms with Gasteiger partial charge in [0.1, 0.15) is 6.10 Å². The van der Waals surface area contributed by atoms with Gasteiger partial charge >= 0.3 is 11.9 Å². The van der Waals surface area contributed by atoms with E-state index in [1.165, 1.54) is 26.2 Å². The number of carbonyl (C=O) groups excluding carboxylic acids is 2. The van der Waals surface area contributed by atoms with Crippen LogP contribution in [0.4, 0.5) is 0 Å². The Morgan fingerprint density at radius 2 is 1.94 bits per heavy atom. The van der Waals surface area contributed by atoms with Gasteiger partial charge in [-0.3, -0.25) is 4.79 Å². The van der Waals surface area contributed by atoms with Crippen LogP contribution in [-0.2, 0) is 25.5 Å². The Morgan fingerprint density at radius 1 is 1.28 bits per heavy atom. The third-order valence-corrected chi connectivity index (χ3v) is 2.25. The zero-order chi connectivity index (χ0) is 13.4. The molecule has 0 aliphatic carbocycles. The Kier molecular flexibility index (Phi) is 5.64. The van der Waals surface area contributed by atoms with Gasteiger partial charge in [-0.05, 0) is 11.6 Å². The molecule has 0 spiro atoms. The highest BCUT2D eigenvalue weighted by molar-refractivity contribution is 5.81. The molecule has 0 aliphatic heterocycles. The fourth-order valence-corrected chi connectivity index (χ4v) is 1.46. The molecule has 4 heteroatoms. The Morgan fingerprint density at radius 3 is 2.50 bits per heavy atom. The lowest BCUT2D eigenvalue weighted by Crippen LogP contribution is -2.17. The monoisotopic (exact) mass is 248 g/mol. The van der Waals surface area contributed by atoms with Gasteiger partial charge in [0, 0.05) is 19.4 Å². The molecule has 0 N–H and O–H groups in total. The van der Waals surface area contributed by atoms with Gasteiger partial charge in [-0.15, -0.1) is 0 Å². The van der Waals surface area contributed by atoms with Crippen molar-refractivity contribution in [1.29, 1.82) is 0 Å². The van der Waals surface area contributed by atoms with Crippen molar-refractivity contribution in [3.8, 4) is 0 Å². The lowest BCUT2D eigenvalue weighted by atomic mass is 10.1. The van der Waals surface area contributed by atoms with Crippen molar-refractivity contribution >= 4 is 11.9 Å². The number of hydrogen-bond acceptors (Lipinski definition) is 4. The third kappa shape index (κ3) is 5.30. The largest absolute Gasteiger partial charge is 0.466 e. The quantitative estimate of drug-likeness (QED) is 0.590. The van der Waals surface area contributed by atoms with Crippen LogP contribution in [0.2, 0.25) is 0 Å². The van der Waals surface area contributed by atoms with Crippen LogP contribution in [0.1, 0.15) is 12.5 Å². The van der Waals surface area contributed by atoms with E-state index >= 15 is 0 Å². The molecule has 0 heterocycles. The maximum Gasteiger partial charge on any atom is 0.330 e. The van der Waals surface area contributed by atoms with E-state index in [2.05, 4.69) is 4.74 Å². The van der Waals surface area contributed by atoms with Gasteiger partial charge in [0.15, 0.2) is 0 Å². The highest BCUT2D eigenvalue weighted by Crippen LogP contribution is 2.07. The summed E-state index contributed by atoms with van der Waals surface area (Å²) in [5, 5.41) is 0. The first-order chi connectivity index (χ1) is 8.61. The number of rotatable bonds is 5. The molecule has 1 aromatic rings. The van der Waals surface area contributed by atoms with Crippen molar-refractivity contribution < 1.29 is 19.1 Å². The first-order valence-corrected chi connectivity index (χ1v) is 5.59. The summed E-state index contributed by atoms with van der Waals surface area (Å²) in [6.45, 7) is 1.34. The topological polar surface area (TPSA) is 52.6 Å². The van der Waals surface area contributed by atoms with Gasteiger partial charge < -0.3 is 9.47 Å². The van der Waals surface area contributed by atoms with Crippen molar-refractivity contribution in [3.63, 3.8) is 0 Å². The Labute approximate surface area is 106 Å². The minimum atomic E-state index is -0.472. The zero-order valence-electron chi connectivity index (χ0n) is 10.5. The molecule has 1 aromatic carbocycles. The van der Waals surface area contributed by atoms with E-state index in [9.17, 15) is 9.59 Å². The van der Waals surface area contributed by atoms with Crippen LogP contribution < -0.4 is 0 Å². The van der Waals surface area contributed by atoms with Crippen molar-refractivity contribution in [3.05, 3.63) is 48.0 Å². The Bertz CT molecular complexity index is 423. The Hall–Kier alpha value is -2.10. The molecule has 0 aliphatic rings. The van der Waals surface area contributed by atoms with E-state index in [4.69, 9.17) is 4.74 Å². The summed E-state index contributed by atoms with van der Waals surface area (Å²) < 4.78 is 9.61. The first-order valence-electron chi connectivity index (χ1n) is 5.59. The number of hydrogen-bond donors (Lipinski definition) is 0. The van der Waals surface area contributed by atoms with Gasteiger partial charge in [-0.25, -0.2) is 4.79 Å². The average molecular weight is 248 g/mol. The smallest absolute Gasteiger partial charge is 0.330 e. The predicted molar refractivity (Wildman–Crippen MR) is 66.9 cm³/mol. The van der Waals surface area contributed by atoms with Crippen molar-refractivity contribution in [2.75, 3.05) is 7.11 Å². The van der Waals surface area contributed by atoms with Crippen LogP contribution in [0.25, 0.3) is 0 Å². The number of esters is 2. The normalized spacial score (nSPS) is 12.1. The molecule has 1 unspecified atom stereocenters. The summed E-state index contributed by atoms with van der Waals surface area (Å²) in [6, 6.07) is 9.59. The van der Waals surface area contributed by atoms with Gasteiger partial charge in [-0.1, -0.05) is 30.3 Å². The minimum absolute atomic E-state index is 0.384. The van der Waals surface area contributed by atoms with E-state index in [1.807, 2.05) is 30.3 Å². The zero-order valence-corrected chi connectivity index (χ0v) is 10.5. The molecule has 0 bridgehead atoms. The maximum absolute atomic E-state index is 11.0. The van der Waals surface area contributed by atoms with E-state index in [-0.39, 0.29) is 5.97 Å². The van der Waals surface area contributed by atoms with Gasteiger partial charge in [-0.2, -0.15) is 0 Å². The van der Waals surface area contributed by atoms with Crippen molar-refractivity contribution in [2.45, 2.75) is 19.4 Å². The number of methoxy groups -OCH3 is 1. The maximum atomic E-state index is 11.0. The van der Waals surface area contributed by atoms with Crippen LogP contribution in [0.5, 0.6) is 0 Å². The molecule has 96 valence electrons. The fourth-order valence-electron chi connectivity index (χ4n) is 1.46. The van der Waals surface area contributed by atoms with Crippen molar-refractivity contribution in [2.24, 2.45) is 0 Å². The number of benzene rings is 1. The summed E-state index contributed by atoms with van der Waals surface area (Å²) in [5.41, 5.74) is 1.03.